The molecule has 1 aliphatic rings. The van der Waals surface area contributed by atoms with Gasteiger partial charge in [-0.05, 0) is 44.4 Å². The van der Waals surface area contributed by atoms with Crippen LogP contribution in [0, 0.1) is 6.92 Å². The Kier molecular flexibility index (Phi) is 11.2. The van der Waals surface area contributed by atoms with Crippen molar-refractivity contribution in [3.8, 4) is 0 Å². The number of benzene rings is 1. The first-order chi connectivity index (χ1) is 14.6. The van der Waals surface area contributed by atoms with Gasteiger partial charge in [-0.25, -0.2) is 9.98 Å². The zero-order valence-corrected chi connectivity index (χ0v) is 21.3. The Labute approximate surface area is 205 Å². The molecule has 1 unspecified atom stereocenters. The monoisotopic (exact) mass is 557 g/mol. The van der Waals surface area contributed by atoms with E-state index in [1.165, 1.54) is 0 Å². The molecule has 0 spiro atoms. The maximum atomic E-state index is 12.4. The SMILES string of the molecule is CCNC(=NCc1cccc(C(=O)NCC2CCCO2)c1)NCCc1csc(C)n1.I. The number of amides is 1. The minimum atomic E-state index is -0.0695. The highest BCUT2D eigenvalue weighted by Gasteiger charge is 2.16. The molecule has 1 aromatic carbocycles. The van der Waals surface area contributed by atoms with Crippen molar-refractivity contribution in [2.45, 2.75) is 45.8 Å². The molecule has 3 rings (SSSR count). The summed E-state index contributed by atoms with van der Waals surface area (Å²) in [6.45, 7) is 7.46. The van der Waals surface area contributed by atoms with Crippen molar-refractivity contribution in [1.29, 1.82) is 0 Å². The fourth-order valence-corrected chi connectivity index (χ4v) is 3.92. The van der Waals surface area contributed by atoms with Crippen LogP contribution in [0.25, 0.3) is 0 Å². The Balaban J connectivity index is 0.00000341. The Morgan fingerprint density at radius 3 is 2.90 bits per heavy atom. The molecule has 7 nitrogen and oxygen atoms in total. The first-order valence-electron chi connectivity index (χ1n) is 10.6. The standard InChI is InChI=1S/C22H31N5O2S.HI/c1-3-23-22(24-10-9-19-15-30-16(2)27-19)26-13-17-6-4-7-18(12-17)21(28)25-14-20-8-5-11-29-20;/h4,6-7,12,15,20H,3,5,8-11,13-14H2,1-2H3,(H,25,28)(H2,23,24,26);1H. The Morgan fingerprint density at radius 1 is 1.32 bits per heavy atom. The zero-order chi connectivity index (χ0) is 21.2. The summed E-state index contributed by atoms with van der Waals surface area (Å²) in [5.74, 6) is 0.692. The number of halogens is 1. The number of ether oxygens (including phenoxy) is 1. The van der Waals surface area contributed by atoms with Gasteiger partial charge in [-0.1, -0.05) is 12.1 Å². The van der Waals surface area contributed by atoms with E-state index in [0.717, 1.165) is 61.2 Å². The van der Waals surface area contributed by atoms with Crippen LogP contribution < -0.4 is 16.0 Å². The van der Waals surface area contributed by atoms with E-state index in [4.69, 9.17) is 4.74 Å². The molecule has 1 aromatic heterocycles. The molecule has 2 aromatic rings. The molecule has 0 radical (unpaired) electrons. The zero-order valence-electron chi connectivity index (χ0n) is 18.1. The Morgan fingerprint density at radius 2 is 2.19 bits per heavy atom. The summed E-state index contributed by atoms with van der Waals surface area (Å²) in [6, 6.07) is 7.62. The smallest absolute Gasteiger partial charge is 0.251 e. The molecule has 0 saturated carbocycles. The van der Waals surface area contributed by atoms with Gasteiger partial charge in [-0.2, -0.15) is 0 Å². The summed E-state index contributed by atoms with van der Waals surface area (Å²) in [6.07, 6.45) is 3.08. The fourth-order valence-electron chi connectivity index (χ4n) is 3.27. The number of guanidine groups is 1. The van der Waals surface area contributed by atoms with Crippen molar-refractivity contribution < 1.29 is 9.53 Å². The van der Waals surface area contributed by atoms with E-state index in [1.54, 1.807) is 11.3 Å². The van der Waals surface area contributed by atoms with Crippen molar-refractivity contribution >= 4 is 47.2 Å². The van der Waals surface area contributed by atoms with Gasteiger partial charge < -0.3 is 20.7 Å². The molecule has 1 amide bonds. The van der Waals surface area contributed by atoms with Crippen LogP contribution in [0.15, 0.2) is 34.6 Å². The van der Waals surface area contributed by atoms with Crippen LogP contribution >= 0.6 is 35.3 Å². The van der Waals surface area contributed by atoms with Crippen molar-refractivity contribution in [1.82, 2.24) is 20.9 Å². The van der Waals surface area contributed by atoms with E-state index in [1.807, 2.05) is 38.1 Å². The molecule has 3 N–H and O–H groups in total. The fraction of sp³-hybridized carbons (Fsp3) is 0.500. The molecule has 31 heavy (non-hydrogen) atoms. The summed E-state index contributed by atoms with van der Waals surface area (Å²) < 4.78 is 5.56. The van der Waals surface area contributed by atoms with Gasteiger partial charge in [0, 0.05) is 43.6 Å². The second-order valence-electron chi connectivity index (χ2n) is 7.28. The quantitative estimate of drug-likeness (QED) is 0.250. The van der Waals surface area contributed by atoms with E-state index < -0.39 is 0 Å². The van der Waals surface area contributed by atoms with E-state index in [0.29, 0.717) is 18.7 Å². The molecule has 9 heteroatoms. The lowest BCUT2D eigenvalue weighted by atomic mass is 10.1. The molecule has 1 fully saturated rings. The maximum Gasteiger partial charge on any atom is 0.251 e. The number of thiazole rings is 1. The molecule has 2 heterocycles. The second-order valence-corrected chi connectivity index (χ2v) is 8.34. The third kappa shape index (κ3) is 8.74. The first-order valence-corrected chi connectivity index (χ1v) is 11.4. The van der Waals surface area contributed by atoms with Crippen molar-refractivity contribution in [3.63, 3.8) is 0 Å². The highest BCUT2D eigenvalue weighted by atomic mass is 127. The largest absolute Gasteiger partial charge is 0.376 e. The van der Waals surface area contributed by atoms with Gasteiger partial charge >= 0.3 is 0 Å². The van der Waals surface area contributed by atoms with E-state index in [2.05, 4.69) is 31.3 Å². The molecule has 0 aliphatic carbocycles. The molecular weight excluding hydrogens is 525 g/mol. The number of nitrogens with zero attached hydrogens (tertiary/aromatic N) is 2. The van der Waals surface area contributed by atoms with Crippen LogP contribution in [0.4, 0.5) is 0 Å². The minimum Gasteiger partial charge on any atom is -0.376 e. The van der Waals surface area contributed by atoms with Crippen molar-refractivity contribution in [2.24, 2.45) is 4.99 Å². The molecule has 1 aliphatic heterocycles. The van der Waals surface area contributed by atoms with Crippen molar-refractivity contribution in [2.75, 3.05) is 26.2 Å². The average molecular weight is 558 g/mol. The Bertz CT molecular complexity index is 852. The van der Waals surface area contributed by atoms with Gasteiger partial charge in [0.2, 0.25) is 0 Å². The number of aliphatic imine (C=N–C) groups is 1. The topological polar surface area (TPSA) is 87.6 Å². The highest BCUT2D eigenvalue weighted by molar-refractivity contribution is 14.0. The van der Waals surface area contributed by atoms with E-state index >= 15 is 0 Å². The lowest BCUT2D eigenvalue weighted by Gasteiger charge is -2.12. The van der Waals surface area contributed by atoms with Gasteiger partial charge in [0.05, 0.1) is 23.4 Å². The number of nitrogens with one attached hydrogen (secondary N) is 3. The average Bonchev–Trinajstić information content (AvgIpc) is 3.42. The number of carbonyl (C=O) groups excluding carboxylic acids is 1. The van der Waals surface area contributed by atoms with Gasteiger partial charge in [-0.3, -0.25) is 4.79 Å². The summed E-state index contributed by atoms with van der Waals surface area (Å²) in [7, 11) is 0. The number of carbonyl (C=O) groups is 1. The van der Waals surface area contributed by atoms with Gasteiger partial charge in [0.15, 0.2) is 5.96 Å². The maximum absolute atomic E-state index is 12.4. The number of aryl methyl sites for hydroxylation is 1. The molecule has 1 saturated heterocycles. The van der Waals surface area contributed by atoms with Gasteiger partial charge in [0.1, 0.15) is 0 Å². The highest BCUT2D eigenvalue weighted by Crippen LogP contribution is 2.12. The molecular formula is C22H32IN5O2S. The van der Waals surface area contributed by atoms with Gasteiger partial charge in [0.25, 0.3) is 5.91 Å². The first kappa shape index (κ1) is 25.5. The lowest BCUT2D eigenvalue weighted by molar-refractivity contribution is 0.0857. The summed E-state index contributed by atoms with van der Waals surface area (Å²) in [5, 5.41) is 12.8. The van der Waals surface area contributed by atoms with Gasteiger partial charge in [-0.15, -0.1) is 35.3 Å². The van der Waals surface area contributed by atoms with E-state index in [9.17, 15) is 4.79 Å². The molecule has 0 bridgehead atoms. The normalized spacial score (nSPS) is 15.9. The summed E-state index contributed by atoms with van der Waals surface area (Å²) >= 11 is 1.67. The molecule has 170 valence electrons. The van der Waals surface area contributed by atoms with Crippen LogP contribution in [0.1, 0.15) is 46.4 Å². The summed E-state index contributed by atoms with van der Waals surface area (Å²) in [5.41, 5.74) is 2.74. The number of hydrogen-bond acceptors (Lipinski definition) is 5. The lowest BCUT2D eigenvalue weighted by Crippen LogP contribution is -2.38. The third-order valence-electron chi connectivity index (χ3n) is 4.81. The predicted molar refractivity (Wildman–Crippen MR) is 137 cm³/mol. The second kappa shape index (κ2) is 13.6. The predicted octanol–water partition coefficient (Wildman–Crippen LogP) is 3.28. The van der Waals surface area contributed by atoms with Crippen LogP contribution in [-0.4, -0.2) is 49.2 Å². The molecule has 1 atom stereocenters. The number of hydrogen-bond donors (Lipinski definition) is 3. The number of aromatic nitrogens is 1. The van der Waals surface area contributed by atoms with Crippen LogP contribution in [0.2, 0.25) is 0 Å². The van der Waals surface area contributed by atoms with Crippen LogP contribution in [0.3, 0.4) is 0 Å². The third-order valence-corrected chi connectivity index (χ3v) is 5.63. The Hall–Kier alpha value is -1.72. The van der Waals surface area contributed by atoms with Crippen LogP contribution in [-0.2, 0) is 17.7 Å². The minimum absolute atomic E-state index is 0. The van der Waals surface area contributed by atoms with Crippen molar-refractivity contribution in [3.05, 3.63) is 51.5 Å². The number of rotatable bonds is 9. The van der Waals surface area contributed by atoms with E-state index in [-0.39, 0.29) is 36.0 Å². The summed E-state index contributed by atoms with van der Waals surface area (Å²) in [4.78, 5) is 21.6. The van der Waals surface area contributed by atoms with Crippen LogP contribution in [0.5, 0.6) is 0 Å².